The quantitative estimate of drug-likeness (QED) is 0.631. The average molecular weight is 408 g/mol. The molecule has 0 atom stereocenters. The van der Waals surface area contributed by atoms with Crippen molar-refractivity contribution in [3.8, 4) is 11.4 Å². The number of nitrogens with one attached hydrogen (secondary N) is 2. The molecule has 0 radical (unpaired) electrons. The highest BCUT2D eigenvalue weighted by atomic mass is 19.4. The maximum absolute atomic E-state index is 14.2. The summed E-state index contributed by atoms with van der Waals surface area (Å²) in [5.41, 5.74) is 0.200. The van der Waals surface area contributed by atoms with Crippen molar-refractivity contribution in [2.75, 3.05) is 11.9 Å². The fourth-order valence-corrected chi connectivity index (χ4v) is 2.45. The Labute approximate surface area is 162 Å². The molecular weight excluding hydrogens is 392 g/mol. The molecule has 3 rings (SSSR count). The topological polar surface area (TPSA) is 92.7 Å². The van der Waals surface area contributed by atoms with E-state index in [-0.39, 0.29) is 11.6 Å². The highest BCUT2D eigenvalue weighted by Gasteiger charge is 2.33. The molecule has 1 aromatic carbocycles. The lowest BCUT2D eigenvalue weighted by atomic mass is 10.0. The molecule has 152 valence electrons. The number of benzene rings is 1. The van der Waals surface area contributed by atoms with Gasteiger partial charge in [-0.1, -0.05) is 0 Å². The van der Waals surface area contributed by atoms with Crippen LogP contribution in [0.1, 0.15) is 13.8 Å². The summed E-state index contributed by atoms with van der Waals surface area (Å²) in [7, 11) is 0. The summed E-state index contributed by atoms with van der Waals surface area (Å²) in [5.74, 6) is -1.99. The third-order valence-electron chi connectivity index (χ3n) is 3.92. The maximum Gasteiger partial charge on any atom is 0.405 e. The molecule has 0 unspecified atom stereocenters. The van der Waals surface area contributed by atoms with Crippen molar-refractivity contribution < 1.29 is 22.4 Å². The van der Waals surface area contributed by atoms with Gasteiger partial charge in [-0.2, -0.15) is 13.2 Å². The smallest absolute Gasteiger partial charge is 0.354 e. The van der Waals surface area contributed by atoms with E-state index in [9.17, 15) is 22.4 Å². The van der Waals surface area contributed by atoms with Gasteiger partial charge < -0.3 is 10.6 Å². The van der Waals surface area contributed by atoms with E-state index in [1.165, 1.54) is 20.0 Å². The predicted octanol–water partition coefficient (Wildman–Crippen LogP) is 3.09. The van der Waals surface area contributed by atoms with Gasteiger partial charge in [0.25, 0.3) is 0 Å². The lowest BCUT2D eigenvalue weighted by Crippen LogP contribution is -2.50. The molecule has 29 heavy (non-hydrogen) atoms. The van der Waals surface area contributed by atoms with Crippen molar-refractivity contribution in [2.45, 2.75) is 25.6 Å². The number of anilines is 1. The molecule has 0 bridgehead atoms. The third kappa shape index (κ3) is 4.92. The fourth-order valence-electron chi connectivity index (χ4n) is 2.45. The maximum atomic E-state index is 14.2. The van der Waals surface area contributed by atoms with Gasteiger partial charge in [0.15, 0.2) is 17.5 Å². The molecular formula is C18H16F4N6O. The van der Waals surface area contributed by atoms with Crippen molar-refractivity contribution in [1.82, 2.24) is 25.3 Å². The second-order valence-corrected chi connectivity index (χ2v) is 6.70. The average Bonchev–Trinajstić information content (AvgIpc) is 2.66. The molecule has 11 heteroatoms. The normalized spacial score (nSPS) is 12.1. The van der Waals surface area contributed by atoms with Gasteiger partial charge in [-0.05, 0) is 32.0 Å². The SMILES string of the molecule is CC(C)(Nc1nc(-c2ccc3nccnc3c2)ncc1F)C(=O)NCC(F)(F)F. The predicted molar refractivity (Wildman–Crippen MR) is 97.3 cm³/mol. The lowest BCUT2D eigenvalue weighted by Gasteiger charge is -2.26. The van der Waals surface area contributed by atoms with Gasteiger partial charge in [-0.15, -0.1) is 0 Å². The number of aromatic nitrogens is 4. The Hall–Kier alpha value is -3.37. The van der Waals surface area contributed by atoms with Crippen molar-refractivity contribution >= 4 is 22.8 Å². The first kappa shape index (κ1) is 20.4. The van der Waals surface area contributed by atoms with Crippen LogP contribution in [0.5, 0.6) is 0 Å². The van der Waals surface area contributed by atoms with Gasteiger partial charge in [0.2, 0.25) is 5.91 Å². The van der Waals surface area contributed by atoms with E-state index in [2.05, 4.69) is 25.3 Å². The molecule has 3 aromatic rings. The van der Waals surface area contributed by atoms with E-state index in [4.69, 9.17) is 0 Å². The molecule has 2 heterocycles. The van der Waals surface area contributed by atoms with Crippen molar-refractivity contribution in [1.29, 1.82) is 0 Å². The summed E-state index contributed by atoms with van der Waals surface area (Å²) in [5, 5.41) is 4.30. The van der Waals surface area contributed by atoms with Gasteiger partial charge in [0, 0.05) is 18.0 Å². The van der Waals surface area contributed by atoms with Crippen LogP contribution < -0.4 is 10.6 Å². The zero-order valence-corrected chi connectivity index (χ0v) is 15.4. The van der Waals surface area contributed by atoms with Crippen LogP contribution in [-0.2, 0) is 4.79 Å². The van der Waals surface area contributed by atoms with Crippen LogP contribution in [-0.4, -0.2) is 44.1 Å². The highest BCUT2D eigenvalue weighted by molar-refractivity contribution is 5.88. The van der Waals surface area contributed by atoms with Crippen LogP contribution in [0.4, 0.5) is 23.4 Å². The van der Waals surface area contributed by atoms with Crippen molar-refractivity contribution in [2.24, 2.45) is 0 Å². The van der Waals surface area contributed by atoms with Gasteiger partial charge in [-0.3, -0.25) is 14.8 Å². The standard InChI is InChI=1S/C18H16F4N6O/c1-17(2,16(29)26-9-18(20,21)22)28-15-11(19)8-25-14(27-15)10-3-4-12-13(7-10)24-6-5-23-12/h3-8H,9H2,1-2H3,(H,26,29)(H,25,27,28). The molecule has 0 saturated heterocycles. The van der Waals surface area contributed by atoms with Crippen LogP contribution >= 0.6 is 0 Å². The third-order valence-corrected chi connectivity index (χ3v) is 3.92. The van der Waals surface area contributed by atoms with E-state index in [0.29, 0.717) is 16.6 Å². The van der Waals surface area contributed by atoms with Gasteiger partial charge in [0.1, 0.15) is 12.1 Å². The molecule has 0 aliphatic rings. The number of nitrogens with zero attached hydrogens (tertiary/aromatic N) is 4. The Morgan fingerprint density at radius 2 is 1.76 bits per heavy atom. The van der Waals surface area contributed by atoms with Crippen LogP contribution in [0.3, 0.4) is 0 Å². The number of carbonyl (C=O) groups is 1. The van der Waals surface area contributed by atoms with Crippen LogP contribution in [0.2, 0.25) is 0 Å². The van der Waals surface area contributed by atoms with Crippen LogP contribution in [0.25, 0.3) is 22.4 Å². The first-order valence-electron chi connectivity index (χ1n) is 8.42. The molecule has 1 amide bonds. The number of halogens is 4. The second-order valence-electron chi connectivity index (χ2n) is 6.70. The van der Waals surface area contributed by atoms with E-state index < -0.39 is 30.0 Å². The van der Waals surface area contributed by atoms with Gasteiger partial charge in [-0.25, -0.2) is 14.4 Å². The van der Waals surface area contributed by atoms with E-state index in [1.54, 1.807) is 29.7 Å². The molecule has 0 aliphatic carbocycles. The zero-order chi connectivity index (χ0) is 21.2. The van der Waals surface area contributed by atoms with Crippen LogP contribution in [0.15, 0.2) is 36.8 Å². The minimum absolute atomic E-state index is 0.146. The number of amides is 1. The van der Waals surface area contributed by atoms with Gasteiger partial charge in [0.05, 0.1) is 17.2 Å². The monoisotopic (exact) mass is 408 g/mol. The number of hydrogen-bond acceptors (Lipinski definition) is 6. The summed E-state index contributed by atoms with van der Waals surface area (Å²) in [6.45, 7) is 1.13. The molecule has 0 fully saturated rings. The molecule has 0 saturated carbocycles. The first-order valence-corrected chi connectivity index (χ1v) is 8.42. The van der Waals surface area contributed by atoms with Crippen molar-refractivity contribution in [3.63, 3.8) is 0 Å². The van der Waals surface area contributed by atoms with E-state index in [0.717, 1.165) is 6.20 Å². The van der Waals surface area contributed by atoms with E-state index >= 15 is 0 Å². The Kier molecular flexibility index (Phi) is 5.31. The lowest BCUT2D eigenvalue weighted by molar-refractivity contribution is -0.140. The van der Waals surface area contributed by atoms with Crippen molar-refractivity contribution in [3.05, 3.63) is 42.6 Å². The number of fused-ring (bicyclic) bond motifs is 1. The molecule has 2 N–H and O–H groups in total. The number of carbonyl (C=O) groups excluding carboxylic acids is 1. The Bertz CT molecular complexity index is 1050. The fraction of sp³-hybridized carbons (Fsp3) is 0.278. The Morgan fingerprint density at radius 3 is 2.45 bits per heavy atom. The summed E-state index contributed by atoms with van der Waals surface area (Å²) in [4.78, 5) is 28.4. The molecule has 0 spiro atoms. The zero-order valence-electron chi connectivity index (χ0n) is 15.4. The Morgan fingerprint density at radius 1 is 1.07 bits per heavy atom. The number of alkyl halides is 3. The van der Waals surface area contributed by atoms with E-state index in [1.807, 2.05) is 0 Å². The molecule has 2 aromatic heterocycles. The summed E-state index contributed by atoms with van der Waals surface area (Å²) in [6, 6.07) is 5.04. The number of rotatable bonds is 5. The highest BCUT2D eigenvalue weighted by Crippen LogP contribution is 2.23. The summed E-state index contributed by atoms with van der Waals surface area (Å²) < 4.78 is 51.2. The summed E-state index contributed by atoms with van der Waals surface area (Å²) in [6.07, 6.45) is -0.579. The molecule has 0 aliphatic heterocycles. The molecule has 7 nitrogen and oxygen atoms in total. The van der Waals surface area contributed by atoms with Gasteiger partial charge >= 0.3 is 6.18 Å². The Balaban J connectivity index is 1.85. The first-order chi connectivity index (χ1) is 13.5. The number of hydrogen-bond donors (Lipinski definition) is 2. The summed E-state index contributed by atoms with van der Waals surface area (Å²) >= 11 is 0. The van der Waals surface area contributed by atoms with Crippen LogP contribution in [0, 0.1) is 5.82 Å². The second kappa shape index (κ2) is 7.57. The largest absolute Gasteiger partial charge is 0.405 e. The minimum atomic E-state index is -4.56. The minimum Gasteiger partial charge on any atom is -0.354 e.